The third-order valence-corrected chi connectivity index (χ3v) is 3.38. The molecule has 20 heavy (non-hydrogen) atoms. The number of esters is 1. The molecule has 0 radical (unpaired) electrons. The normalized spacial score (nSPS) is 10.7. The first-order chi connectivity index (χ1) is 9.70. The number of unbranched alkanes of at least 4 members (excludes halogenated alkanes) is 5. The first-order valence-corrected chi connectivity index (χ1v) is 8.47. The number of hydrogen-bond acceptors (Lipinski definition) is 4. The van der Waals surface area contributed by atoms with Crippen LogP contribution in [0.4, 0.5) is 0 Å². The third-order valence-electron chi connectivity index (χ3n) is 2.65. The summed E-state index contributed by atoms with van der Waals surface area (Å²) in [5, 5.41) is 4.46. The van der Waals surface area contributed by atoms with Gasteiger partial charge in [0.25, 0.3) is 0 Å². The quantitative estimate of drug-likeness (QED) is 0.341. The summed E-state index contributed by atoms with van der Waals surface area (Å²) in [5.41, 5.74) is 0. The average Bonchev–Trinajstić information content (AvgIpc) is 2.43. The van der Waals surface area contributed by atoms with E-state index < -0.39 is 0 Å². The molecule has 0 aliphatic heterocycles. The second-order valence-corrected chi connectivity index (χ2v) is 5.37. The van der Waals surface area contributed by atoms with Crippen molar-refractivity contribution in [1.29, 1.82) is 0 Å². The molecule has 0 rings (SSSR count). The lowest BCUT2D eigenvalue weighted by molar-refractivity contribution is -0.139. The molecule has 0 aliphatic rings. The van der Waals surface area contributed by atoms with Gasteiger partial charge in [0, 0.05) is 12.6 Å². The van der Waals surface area contributed by atoms with Crippen LogP contribution in [0.1, 0.15) is 52.4 Å². The van der Waals surface area contributed by atoms with Crippen molar-refractivity contribution in [3.63, 3.8) is 0 Å². The van der Waals surface area contributed by atoms with E-state index in [-0.39, 0.29) is 17.6 Å². The lowest BCUT2D eigenvalue weighted by Crippen LogP contribution is -2.21. The number of amides is 1. The van der Waals surface area contributed by atoms with Crippen molar-refractivity contribution in [2.75, 3.05) is 18.9 Å². The Morgan fingerprint density at radius 3 is 2.50 bits per heavy atom. The molecular formula is C15H27NO3S. The van der Waals surface area contributed by atoms with Crippen molar-refractivity contribution in [3.8, 4) is 0 Å². The van der Waals surface area contributed by atoms with Gasteiger partial charge in [-0.2, -0.15) is 0 Å². The molecule has 0 aliphatic carbocycles. The van der Waals surface area contributed by atoms with Crippen molar-refractivity contribution in [3.05, 3.63) is 11.5 Å². The summed E-state index contributed by atoms with van der Waals surface area (Å²) in [5.74, 6) is -0.112. The molecule has 0 atom stereocenters. The maximum atomic E-state index is 11.4. The van der Waals surface area contributed by atoms with Crippen molar-refractivity contribution in [1.82, 2.24) is 5.32 Å². The third kappa shape index (κ3) is 13.5. The molecule has 1 amide bonds. The Morgan fingerprint density at radius 2 is 1.80 bits per heavy atom. The van der Waals surface area contributed by atoms with Crippen LogP contribution < -0.4 is 5.32 Å². The van der Waals surface area contributed by atoms with Gasteiger partial charge in [-0.05, 0) is 18.8 Å². The van der Waals surface area contributed by atoms with Crippen molar-refractivity contribution >= 4 is 23.6 Å². The topological polar surface area (TPSA) is 55.4 Å². The fourth-order valence-electron chi connectivity index (χ4n) is 1.60. The van der Waals surface area contributed by atoms with Gasteiger partial charge in [-0.25, -0.2) is 0 Å². The minimum atomic E-state index is -0.255. The van der Waals surface area contributed by atoms with E-state index in [1.807, 2.05) is 0 Å². The van der Waals surface area contributed by atoms with E-state index in [4.69, 9.17) is 4.74 Å². The van der Waals surface area contributed by atoms with E-state index in [0.29, 0.717) is 6.61 Å². The predicted octanol–water partition coefficient (Wildman–Crippen LogP) is 3.27. The summed E-state index contributed by atoms with van der Waals surface area (Å²) < 4.78 is 4.77. The standard InChI is InChI=1S/C15H27NO3S/c1-3-5-6-7-8-9-11-16-14(17)10-12-20-13-15(18)19-4-2/h10,12H,3-9,11,13H2,1-2H3,(H,16,17). The van der Waals surface area contributed by atoms with Crippen LogP contribution in [0.2, 0.25) is 0 Å². The van der Waals surface area contributed by atoms with Crippen LogP contribution in [0.15, 0.2) is 11.5 Å². The van der Waals surface area contributed by atoms with Gasteiger partial charge in [-0.1, -0.05) is 39.0 Å². The zero-order valence-corrected chi connectivity index (χ0v) is 13.5. The molecule has 0 aromatic heterocycles. The monoisotopic (exact) mass is 301 g/mol. The number of rotatable bonds is 12. The number of carbonyl (C=O) groups is 2. The van der Waals surface area contributed by atoms with E-state index >= 15 is 0 Å². The molecule has 0 saturated heterocycles. The fraction of sp³-hybridized carbons (Fsp3) is 0.733. The highest BCUT2D eigenvalue weighted by Gasteiger charge is 1.99. The predicted molar refractivity (Wildman–Crippen MR) is 84.6 cm³/mol. The Hall–Kier alpha value is -0.970. The van der Waals surface area contributed by atoms with Crippen molar-refractivity contribution < 1.29 is 14.3 Å². The van der Waals surface area contributed by atoms with Crippen LogP contribution in [-0.4, -0.2) is 30.8 Å². The summed E-state index contributed by atoms with van der Waals surface area (Å²) in [6.45, 7) is 5.08. The molecule has 0 aromatic rings. The summed E-state index contributed by atoms with van der Waals surface area (Å²) in [4.78, 5) is 22.5. The summed E-state index contributed by atoms with van der Waals surface area (Å²) >= 11 is 1.27. The number of ether oxygens (including phenoxy) is 1. The molecule has 5 heteroatoms. The Bertz CT molecular complexity index is 293. The van der Waals surface area contributed by atoms with Gasteiger partial charge in [0.15, 0.2) is 0 Å². The first kappa shape index (κ1) is 19.0. The van der Waals surface area contributed by atoms with E-state index in [0.717, 1.165) is 13.0 Å². The molecular weight excluding hydrogens is 274 g/mol. The number of carbonyl (C=O) groups excluding carboxylic acids is 2. The van der Waals surface area contributed by atoms with E-state index in [1.54, 1.807) is 12.3 Å². The van der Waals surface area contributed by atoms with Gasteiger partial charge in [-0.15, -0.1) is 11.8 Å². The van der Waals surface area contributed by atoms with Crippen LogP contribution in [0.3, 0.4) is 0 Å². The summed E-state index contributed by atoms with van der Waals surface area (Å²) in [6.07, 6.45) is 8.74. The van der Waals surface area contributed by atoms with Crippen LogP contribution in [0, 0.1) is 0 Å². The van der Waals surface area contributed by atoms with E-state index in [1.165, 1.54) is 49.9 Å². The number of nitrogens with one attached hydrogen (secondary N) is 1. The van der Waals surface area contributed by atoms with Gasteiger partial charge >= 0.3 is 5.97 Å². The summed E-state index contributed by atoms with van der Waals surface area (Å²) in [7, 11) is 0. The minimum absolute atomic E-state index is 0.102. The van der Waals surface area contributed by atoms with Crippen LogP contribution in [-0.2, 0) is 14.3 Å². The molecule has 0 saturated carbocycles. The van der Waals surface area contributed by atoms with Crippen LogP contribution >= 0.6 is 11.8 Å². The molecule has 0 unspecified atom stereocenters. The van der Waals surface area contributed by atoms with Crippen LogP contribution in [0.25, 0.3) is 0 Å². The Morgan fingerprint density at radius 1 is 1.10 bits per heavy atom. The van der Waals surface area contributed by atoms with Crippen molar-refractivity contribution in [2.45, 2.75) is 52.4 Å². The highest BCUT2D eigenvalue weighted by molar-refractivity contribution is 8.02. The van der Waals surface area contributed by atoms with Gasteiger partial charge in [0.2, 0.25) is 5.91 Å². The SMILES string of the molecule is CCCCCCCCNC(=O)C=CSCC(=O)OCC. The molecule has 0 bridgehead atoms. The molecule has 0 fully saturated rings. The van der Waals surface area contributed by atoms with Gasteiger partial charge < -0.3 is 10.1 Å². The first-order valence-electron chi connectivity index (χ1n) is 7.42. The largest absolute Gasteiger partial charge is 0.465 e. The van der Waals surface area contributed by atoms with Crippen LogP contribution in [0.5, 0.6) is 0 Å². The second kappa shape index (κ2) is 14.4. The minimum Gasteiger partial charge on any atom is -0.465 e. The maximum absolute atomic E-state index is 11.4. The average molecular weight is 301 g/mol. The van der Waals surface area contributed by atoms with E-state index in [9.17, 15) is 9.59 Å². The van der Waals surface area contributed by atoms with Crippen molar-refractivity contribution in [2.24, 2.45) is 0 Å². The molecule has 116 valence electrons. The Balaban J connectivity index is 3.42. The zero-order valence-electron chi connectivity index (χ0n) is 12.7. The molecule has 1 N–H and O–H groups in total. The smallest absolute Gasteiger partial charge is 0.316 e. The van der Waals surface area contributed by atoms with Gasteiger partial charge in [0.05, 0.1) is 12.4 Å². The van der Waals surface area contributed by atoms with Gasteiger partial charge in [-0.3, -0.25) is 9.59 Å². The molecule has 0 aromatic carbocycles. The number of thioether (sulfide) groups is 1. The lowest BCUT2D eigenvalue weighted by atomic mass is 10.1. The Kier molecular flexibility index (Phi) is 13.7. The molecule has 0 heterocycles. The Labute approximate surface area is 126 Å². The van der Waals surface area contributed by atoms with Gasteiger partial charge in [0.1, 0.15) is 0 Å². The van der Waals surface area contributed by atoms with E-state index in [2.05, 4.69) is 12.2 Å². The lowest BCUT2D eigenvalue weighted by Gasteiger charge is -2.02. The maximum Gasteiger partial charge on any atom is 0.316 e. The second-order valence-electron chi connectivity index (χ2n) is 4.48. The highest BCUT2D eigenvalue weighted by atomic mass is 32.2. The highest BCUT2D eigenvalue weighted by Crippen LogP contribution is 2.04. The molecule has 0 spiro atoms. The zero-order chi connectivity index (χ0) is 15.1. The number of hydrogen-bond donors (Lipinski definition) is 1. The summed E-state index contributed by atoms with van der Waals surface area (Å²) in [6, 6.07) is 0. The fourth-order valence-corrected chi connectivity index (χ4v) is 2.14. The molecule has 4 nitrogen and oxygen atoms in total.